The lowest BCUT2D eigenvalue weighted by atomic mass is 10.1. The molecule has 150 valence electrons. The zero-order chi connectivity index (χ0) is 20.5. The highest BCUT2D eigenvalue weighted by atomic mass is 35.5. The third-order valence-corrected chi connectivity index (χ3v) is 7.01. The summed E-state index contributed by atoms with van der Waals surface area (Å²) in [4.78, 5) is 19.0. The first-order valence-corrected chi connectivity index (χ1v) is 11.2. The quantitative estimate of drug-likeness (QED) is 0.468. The van der Waals surface area contributed by atoms with Crippen LogP contribution in [0.5, 0.6) is 0 Å². The van der Waals surface area contributed by atoms with Crippen molar-refractivity contribution in [3.05, 3.63) is 57.6 Å². The number of carbonyl (C=O) groups is 1. The maximum atomic E-state index is 12.2. The maximum Gasteiger partial charge on any atom is 0.411 e. The van der Waals surface area contributed by atoms with Crippen LogP contribution in [0.2, 0.25) is 5.02 Å². The number of amides is 1. The van der Waals surface area contributed by atoms with Crippen LogP contribution in [0.1, 0.15) is 23.1 Å². The molecule has 2 N–H and O–H groups in total. The SMILES string of the molecule is Cc1cc(Cl)ccc1-c1nc(C)c(COC(=O)Nc2ccc3c(c2)NC(C)S3)s1. The Labute approximate surface area is 182 Å². The second-order valence-electron chi connectivity index (χ2n) is 6.80. The Kier molecular flexibility index (Phi) is 5.72. The number of benzene rings is 2. The largest absolute Gasteiger partial charge is 0.444 e. The van der Waals surface area contributed by atoms with Crippen LogP contribution in [-0.4, -0.2) is 16.5 Å². The topological polar surface area (TPSA) is 63.2 Å². The van der Waals surface area contributed by atoms with Gasteiger partial charge in [0.05, 0.1) is 21.6 Å². The number of hydrogen-bond donors (Lipinski definition) is 2. The molecule has 0 bridgehead atoms. The van der Waals surface area contributed by atoms with Crippen molar-refractivity contribution in [1.29, 1.82) is 0 Å². The first-order valence-electron chi connectivity index (χ1n) is 9.13. The smallest absolute Gasteiger partial charge is 0.411 e. The van der Waals surface area contributed by atoms with Crippen LogP contribution in [0.15, 0.2) is 41.3 Å². The number of nitrogens with one attached hydrogen (secondary N) is 2. The zero-order valence-corrected chi connectivity index (χ0v) is 18.6. The van der Waals surface area contributed by atoms with Crippen molar-refractivity contribution in [1.82, 2.24) is 4.98 Å². The lowest BCUT2D eigenvalue weighted by molar-refractivity contribution is 0.156. The van der Waals surface area contributed by atoms with Gasteiger partial charge in [-0.1, -0.05) is 29.4 Å². The van der Waals surface area contributed by atoms with Crippen molar-refractivity contribution in [2.24, 2.45) is 0 Å². The van der Waals surface area contributed by atoms with E-state index < -0.39 is 6.09 Å². The lowest BCUT2D eigenvalue weighted by Crippen LogP contribution is -2.13. The molecule has 8 heteroatoms. The molecule has 29 heavy (non-hydrogen) atoms. The number of thioether (sulfide) groups is 1. The van der Waals surface area contributed by atoms with Gasteiger partial charge >= 0.3 is 6.09 Å². The minimum Gasteiger partial charge on any atom is -0.444 e. The number of carbonyl (C=O) groups excluding carboxylic acids is 1. The molecule has 0 aliphatic carbocycles. The van der Waals surface area contributed by atoms with E-state index in [0.29, 0.717) is 16.1 Å². The van der Waals surface area contributed by atoms with E-state index in [1.807, 2.05) is 50.2 Å². The van der Waals surface area contributed by atoms with E-state index >= 15 is 0 Å². The molecule has 1 atom stereocenters. The highest BCUT2D eigenvalue weighted by molar-refractivity contribution is 8.00. The van der Waals surface area contributed by atoms with Crippen LogP contribution in [0.25, 0.3) is 10.6 Å². The average Bonchev–Trinajstić information content (AvgIpc) is 3.21. The molecule has 0 saturated carbocycles. The fourth-order valence-corrected chi connectivity index (χ4v) is 5.34. The summed E-state index contributed by atoms with van der Waals surface area (Å²) in [5.41, 5.74) is 4.70. The summed E-state index contributed by atoms with van der Waals surface area (Å²) >= 11 is 9.33. The second kappa shape index (κ2) is 8.26. The Morgan fingerprint density at radius 3 is 2.90 bits per heavy atom. The summed E-state index contributed by atoms with van der Waals surface area (Å²) in [6, 6.07) is 11.5. The fourth-order valence-electron chi connectivity index (χ4n) is 3.09. The third kappa shape index (κ3) is 4.52. The van der Waals surface area contributed by atoms with E-state index in [2.05, 4.69) is 22.5 Å². The number of aryl methyl sites for hydroxylation is 2. The van der Waals surface area contributed by atoms with Crippen LogP contribution in [0.4, 0.5) is 16.2 Å². The minimum atomic E-state index is -0.485. The molecule has 0 radical (unpaired) electrons. The van der Waals surface area contributed by atoms with Crippen molar-refractivity contribution >= 4 is 52.2 Å². The Morgan fingerprint density at radius 1 is 1.28 bits per heavy atom. The lowest BCUT2D eigenvalue weighted by Gasteiger charge is -2.08. The molecule has 2 aromatic carbocycles. The van der Waals surface area contributed by atoms with Gasteiger partial charge in [-0.05, 0) is 56.7 Å². The molecule has 3 aromatic rings. The summed E-state index contributed by atoms with van der Waals surface area (Å²) < 4.78 is 5.43. The number of hydrogen-bond acceptors (Lipinski definition) is 6. The zero-order valence-electron chi connectivity index (χ0n) is 16.2. The monoisotopic (exact) mass is 445 g/mol. The van der Waals surface area contributed by atoms with Gasteiger partial charge in [0, 0.05) is 21.2 Å². The summed E-state index contributed by atoms with van der Waals surface area (Å²) in [5, 5.41) is 8.08. The summed E-state index contributed by atoms with van der Waals surface area (Å²) in [7, 11) is 0. The summed E-state index contributed by atoms with van der Waals surface area (Å²) in [6.45, 7) is 6.21. The molecule has 1 aliphatic rings. The second-order valence-corrected chi connectivity index (χ2v) is 9.71. The van der Waals surface area contributed by atoms with Gasteiger partial charge in [0.2, 0.25) is 0 Å². The van der Waals surface area contributed by atoms with Crippen LogP contribution in [0, 0.1) is 13.8 Å². The van der Waals surface area contributed by atoms with Gasteiger partial charge < -0.3 is 10.1 Å². The van der Waals surface area contributed by atoms with Crippen LogP contribution in [-0.2, 0) is 11.3 Å². The standard InChI is InChI=1S/C21H20ClN3O2S2/c1-11-8-14(22)4-6-16(11)20-23-12(2)19(29-20)10-27-21(26)25-15-5-7-18-17(9-15)24-13(3)28-18/h4-9,13,24H,10H2,1-3H3,(H,25,26). The predicted molar refractivity (Wildman–Crippen MR) is 121 cm³/mol. The number of ether oxygens (including phenoxy) is 1. The van der Waals surface area contributed by atoms with Gasteiger partial charge in [0.25, 0.3) is 0 Å². The molecule has 0 saturated heterocycles. The van der Waals surface area contributed by atoms with E-state index in [4.69, 9.17) is 16.3 Å². The number of nitrogens with zero attached hydrogens (tertiary/aromatic N) is 1. The van der Waals surface area contributed by atoms with Gasteiger partial charge in [-0.3, -0.25) is 5.32 Å². The number of aromatic nitrogens is 1. The van der Waals surface area contributed by atoms with Gasteiger partial charge in [0.15, 0.2) is 0 Å². The van der Waals surface area contributed by atoms with Crippen LogP contribution < -0.4 is 10.6 Å². The van der Waals surface area contributed by atoms with Gasteiger partial charge in [-0.25, -0.2) is 9.78 Å². The van der Waals surface area contributed by atoms with Crippen molar-refractivity contribution in [3.8, 4) is 10.6 Å². The molecule has 1 unspecified atom stereocenters. The molecule has 1 aliphatic heterocycles. The first kappa shape index (κ1) is 20.1. The Bertz CT molecular complexity index is 1080. The van der Waals surface area contributed by atoms with Gasteiger partial charge in [-0.15, -0.1) is 11.3 Å². The number of fused-ring (bicyclic) bond motifs is 1. The molecular formula is C21H20ClN3O2S2. The number of rotatable bonds is 4. The number of thiazole rings is 1. The van der Waals surface area contributed by atoms with E-state index in [1.54, 1.807) is 11.8 Å². The molecular weight excluding hydrogens is 426 g/mol. The number of halogens is 1. The normalized spacial score (nSPS) is 15.0. The first-order chi connectivity index (χ1) is 13.9. The van der Waals surface area contributed by atoms with Crippen LogP contribution >= 0.6 is 34.7 Å². The third-order valence-electron chi connectivity index (χ3n) is 4.53. The molecule has 0 spiro atoms. The minimum absolute atomic E-state index is 0.179. The van der Waals surface area contributed by atoms with E-state index in [0.717, 1.165) is 32.4 Å². The average molecular weight is 446 g/mol. The Hall–Kier alpha value is -2.22. The number of anilines is 2. The highest BCUT2D eigenvalue weighted by Crippen LogP contribution is 2.39. The van der Waals surface area contributed by atoms with Crippen molar-refractivity contribution in [3.63, 3.8) is 0 Å². The van der Waals surface area contributed by atoms with Gasteiger partial charge in [-0.2, -0.15) is 0 Å². The Balaban J connectivity index is 1.40. The van der Waals surface area contributed by atoms with E-state index in [9.17, 15) is 4.79 Å². The molecule has 0 fully saturated rings. The van der Waals surface area contributed by atoms with Crippen molar-refractivity contribution in [2.45, 2.75) is 37.6 Å². The summed E-state index contributed by atoms with van der Waals surface area (Å²) in [5.74, 6) is 0. The highest BCUT2D eigenvalue weighted by Gasteiger charge is 2.18. The summed E-state index contributed by atoms with van der Waals surface area (Å²) in [6.07, 6.45) is -0.485. The van der Waals surface area contributed by atoms with Crippen molar-refractivity contribution in [2.75, 3.05) is 10.6 Å². The molecule has 2 heterocycles. The van der Waals surface area contributed by atoms with Crippen LogP contribution in [0.3, 0.4) is 0 Å². The van der Waals surface area contributed by atoms with E-state index in [1.165, 1.54) is 16.2 Å². The maximum absolute atomic E-state index is 12.2. The van der Waals surface area contributed by atoms with E-state index in [-0.39, 0.29) is 6.61 Å². The predicted octanol–water partition coefficient (Wildman–Crippen LogP) is 6.69. The van der Waals surface area contributed by atoms with Gasteiger partial charge in [0.1, 0.15) is 11.6 Å². The van der Waals surface area contributed by atoms with Crippen molar-refractivity contribution < 1.29 is 9.53 Å². The molecule has 4 rings (SSSR count). The fraction of sp³-hybridized carbons (Fsp3) is 0.238. The molecule has 1 aromatic heterocycles. The Morgan fingerprint density at radius 2 is 2.10 bits per heavy atom. The molecule has 5 nitrogen and oxygen atoms in total. The molecule has 1 amide bonds.